The summed E-state index contributed by atoms with van der Waals surface area (Å²) in [7, 11) is 0. The summed E-state index contributed by atoms with van der Waals surface area (Å²) in [6.45, 7) is 10.2. The number of rotatable bonds is 6. The third kappa shape index (κ3) is 4.41. The molecule has 32 heavy (non-hydrogen) atoms. The Morgan fingerprint density at radius 2 is 1.84 bits per heavy atom. The molecule has 0 unspecified atom stereocenters. The predicted molar refractivity (Wildman–Crippen MR) is 125 cm³/mol. The first-order chi connectivity index (χ1) is 15.5. The van der Waals surface area contributed by atoms with Crippen LogP contribution in [0.3, 0.4) is 0 Å². The molecule has 2 aromatic heterocycles. The molecule has 1 aliphatic rings. The highest BCUT2D eigenvalue weighted by atomic mass is 16.3. The van der Waals surface area contributed by atoms with Gasteiger partial charge in [0.2, 0.25) is 5.91 Å². The van der Waals surface area contributed by atoms with E-state index in [4.69, 9.17) is 4.42 Å². The molecule has 1 fully saturated rings. The molecule has 7 heteroatoms. The quantitative estimate of drug-likeness (QED) is 0.644. The van der Waals surface area contributed by atoms with Gasteiger partial charge in [0.1, 0.15) is 17.6 Å². The summed E-state index contributed by atoms with van der Waals surface area (Å²) in [5.74, 6) is 1.21. The summed E-state index contributed by atoms with van der Waals surface area (Å²) in [5.41, 5.74) is 4.86. The standard InChI is InChI=1S/C25H29N5O2/c1-18-7-4-5-9-23(18)29-12-10-28(11-13-29)17-24(31)27-25-22(15-26)19(2)20(3)30(25)16-21-8-6-14-32-21/h4-9,14H,10-13,16-17H2,1-3H3,(H,27,31). The molecule has 4 rings (SSSR count). The SMILES string of the molecule is Cc1ccccc1N1CCN(CC(=O)Nc2c(C#N)c(C)c(C)n2Cc2ccco2)CC1. The molecule has 1 aliphatic heterocycles. The Morgan fingerprint density at radius 1 is 1.09 bits per heavy atom. The fourth-order valence-electron chi connectivity index (χ4n) is 4.33. The Kier molecular flexibility index (Phi) is 6.33. The van der Waals surface area contributed by atoms with Gasteiger partial charge in [-0.2, -0.15) is 5.26 Å². The van der Waals surface area contributed by atoms with Gasteiger partial charge in [0.15, 0.2) is 0 Å². The number of furan rings is 1. The maximum absolute atomic E-state index is 12.9. The first kappa shape index (κ1) is 21.7. The number of nitrogens with one attached hydrogen (secondary N) is 1. The van der Waals surface area contributed by atoms with Crippen molar-refractivity contribution in [3.8, 4) is 6.07 Å². The molecule has 1 amide bonds. The second-order valence-electron chi connectivity index (χ2n) is 8.31. The van der Waals surface area contributed by atoms with Crippen LogP contribution in [0.2, 0.25) is 0 Å². The van der Waals surface area contributed by atoms with Crippen LogP contribution in [0.5, 0.6) is 0 Å². The number of nitrogens with zero attached hydrogens (tertiary/aromatic N) is 4. The number of para-hydroxylation sites is 1. The average Bonchev–Trinajstić information content (AvgIpc) is 3.38. The van der Waals surface area contributed by atoms with Crippen molar-refractivity contribution in [2.24, 2.45) is 0 Å². The fraction of sp³-hybridized carbons (Fsp3) is 0.360. The number of amides is 1. The lowest BCUT2D eigenvalue weighted by atomic mass is 10.1. The minimum atomic E-state index is -0.107. The highest BCUT2D eigenvalue weighted by molar-refractivity contribution is 5.93. The van der Waals surface area contributed by atoms with Crippen LogP contribution < -0.4 is 10.2 Å². The van der Waals surface area contributed by atoms with Crippen LogP contribution in [-0.2, 0) is 11.3 Å². The molecule has 3 heterocycles. The first-order valence-corrected chi connectivity index (χ1v) is 10.9. The van der Waals surface area contributed by atoms with Crippen LogP contribution in [0.15, 0.2) is 47.1 Å². The maximum atomic E-state index is 12.9. The number of aromatic nitrogens is 1. The number of hydrogen-bond acceptors (Lipinski definition) is 5. The van der Waals surface area contributed by atoms with E-state index in [0.29, 0.717) is 24.5 Å². The van der Waals surface area contributed by atoms with Crippen LogP contribution in [-0.4, -0.2) is 48.1 Å². The van der Waals surface area contributed by atoms with Crippen LogP contribution in [0.25, 0.3) is 0 Å². The maximum Gasteiger partial charge on any atom is 0.239 e. The van der Waals surface area contributed by atoms with Gasteiger partial charge in [-0.3, -0.25) is 9.69 Å². The molecule has 0 aliphatic carbocycles. The number of aryl methyl sites for hydroxylation is 1. The van der Waals surface area contributed by atoms with Gasteiger partial charge < -0.3 is 19.2 Å². The van der Waals surface area contributed by atoms with Crippen molar-refractivity contribution in [1.82, 2.24) is 9.47 Å². The summed E-state index contributed by atoms with van der Waals surface area (Å²) < 4.78 is 7.43. The molecular weight excluding hydrogens is 402 g/mol. The number of carbonyl (C=O) groups is 1. The molecule has 1 N–H and O–H groups in total. The Balaban J connectivity index is 1.42. The lowest BCUT2D eigenvalue weighted by Gasteiger charge is -2.36. The van der Waals surface area contributed by atoms with Gasteiger partial charge in [0.25, 0.3) is 0 Å². The number of nitriles is 1. The smallest absolute Gasteiger partial charge is 0.239 e. The Labute approximate surface area is 188 Å². The van der Waals surface area contributed by atoms with E-state index in [1.54, 1.807) is 6.26 Å². The zero-order valence-electron chi connectivity index (χ0n) is 18.9. The molecular formula is C25H29N5O2. The minimum absolute atomic E-state index is 0.107. The van der Waals surface area contributed by atoms with Gasteiger partial charge in [-0.25, -0.2) is 0 Å². The zero-order chi connectivity index (χ0) is 22.7. The van der Waals surface area contributed by atoms with Crippen molar-refractivity contribution < 1.29 is 9.21 Å². The number of benzene rings is 1. The molecule has 7 nitrogen and oxygen atoms in total. The second kappa shape index (κ2) is 9.33. The fourth-order valence-corrected chi connectivity index (χ4v) is 4.33. The zero-order valence-corrected chi connectivity index (χ0v) is 18.9. The van der Waals surface area contributed by atoms with E-state index in [-0.39, 0.29) is 5.91 Å². The van der Waals surface area contributed by atoms with Crippen LogP contribution in [0.1, 0.15) is 28.1 Å². The van der Waals surface area contributed by atoms with E-state index >= 15 is 0 Å². The molecule has 1 aromatic carbocycles. The van der Waals surface area contributed by atoms with E-state index in [1.165, 1.54) is 11.3 Å². The summed E-state index contributed by atoms with van der Waals surface area (Å²) in [6, 6.07) is 14.4. The molecule has 3 aromatic rings. The summed E-state index contributed by atoms with van der Waals surface area (Å²) in [5, 5.41) is 12.7. The predicted octanol–water partition coefficient (Wildman–Crippen LogP) is 3.69. The van der Waals surface area contributed by atoms with Gasteiger partial charge in [-0.15, -0.1) is 0 Å². The highest BCUT2D eigenvalue weighted by Crippen LogP contribution is 2.27. The Morgan fingerprint density at radius 3 is 2.50 bits per heavy atom. The third-order valence-corrected chi connectivity index (χ3v) is 6.29. The number of carbonyl (C=O) groups excluding carboxylic acids is 1. The van der Waals surface area contributed by atoms with Crippen molar-refractivity contribution in [2.45, 2.75) is 27.3 Å². The van der Waals surface area contributed by atoms with Gasteiger partial charge >= 0.3 is 0 Å². The summed E-state index contributed by atoms with van der Waals surface area (Å²) in [6.07, 6.45) is 1.63. The van der Waals surface area contributed by atoms with Gasteiger partial charge in [-0.05, 0) is 50.1 Å². The molecule has 0 radical (unpaired) electrons. The van der Waals surface area contributed by atoms with Crippen LogP contribution in [0.4, 0.5) is 11.5 Å². The lowest BCUT2D eigenvalue weighted by Crippen LogP contribution is -2.49. The molecule has 1 saturated heterocycles. The van der Waals surface area contributed by atoms with Crippen molar-refractivity contribution >= 4 is 17.4 Å². The van der Waals surface area contributed by atoms with E-state index in [0.717, 1.165) is 43.2 Å². The minimum Gasteiger partial charge on any atom is -0.467 e. The molecule has 0 bridgehead atoms. The third-order valence-electron chi connectivity index (χ3n) is 6.29. The highest BCUT2D eigenvalue weighted by Gasteiger charge is 2.23. The van der Waals surface area contributed by atoms with E-state index < -0.39 is 0 Å². The molecule has 0 spiro atoms. The topological polar surface area (TPSA) is 77.4 Å². The summed E-state index contributed by atoms with van der Waals surface area (Å²) >= 11 is 0. The molecule has 0 atom stereocenters. The number of piperazine rings is 1. The van der Waals surface area contributed by atoms with Crippen LogP contribution in [0, 0.1) is 32.1 Å². The van der Waals surface area contributed by atoms with Gasteiger partial charge in [0.05, 0.1) is 24.9 Å². The second-order valence-corrected chi connectivity index (χ2v) is 8.31. The van der Waals surface area contributed by atoms with E-state index in [9.17, 15) is 10.1 Å². The molecule has 166 valence electrons. The largest absolute Gasteiger partial charge is 0.467 e. The van der Waals surface area contributed by atoms with Gasteiger partial charge in [0, 0.05) is 37.6 Å². The number of hydrogen-bond donors (Lipinski definition) is 1. The first-order valence-electron chi connectivity index (χ1n) is 10.9. The van der Waals surface area contributed by atoms with Crippen molar-refractivity contribution in [2.75, 3.05) is 42.9 Å². The Hall–Kier alpha value is -3.50. The number of anilines is 2. The summed E-state index contributed by atoms with van der Waals surface area (Å²) in [4.78, 5) is 17.5. The van der Waals surface area contributed by atoms with E-state index in [2.05, 4.69) is 52.4 Å². The molecule has 0 saturated carbocycles. The van der Waals surface area contributed by atoms with Crippen molar-refractivity contribution in [3.05, 3.63) is 70.8 Å². The monoisotopic (exact) mass is 431 g/mol. The normalized spacial score (nSPS) is 14.4. The van der Waals surface area contributed by atoms with Crippen molar-refractivity contribution in [3.63, 3.8) is 0 Å². The van der Waals surface area contributed by atoms with Gasteiger partial charge in [-0.1, -0.05) is 18.2 Å². The lowest BCUT2D eigenvalue weighted by molar-refractivity contribution is -0.117. The van der Waals surface area contributed by atoms with Crippen LogP contribution >= 0.6 is 0 Å². The Bertz CT molecular complexity index is 1130. The van der Waals surface area contributed by atoms with Crippen molar-refractivity contribution in [1.29, 1.82) is 5.26 Å². The average molecular weight is 432 g/mol. The van der Waals surface area contributed by atoms with E-state index in [1.807, 2.05) is 30.5 Å².